The maximum Gasteiger partial charge on any atom is 0.249 e. The fraction of sp³-hybridized carbons (Fsp3) is 0.500. The fourth-order valence-corrected chi connectivity index (χ4v) is 3.73. The van der Waals surface area contributed by atoms with Crippen molar-refractivity contribution in [1.29, 1.82) is 0 Å². The van der Waals surface area contributed by atoms with Crippen LogP contribution in [0.1, 0.15) is 34.7 Å². The number of nitrogens with zero attached hydrogens (tertiary/aromatic N) is 1. The first-order valence-corrected chi connectivity index (χ1v) is 7.04. The van der Waals surface area contributed by atoms with Gasteiger partial charge in [0.05, 0.1) is 6.17 Å². The topological polar surface area (TPSA) is 72.4 Å². The maximum absolute atomic E-state index is 11.6. The molecule has 5 heteroatoms. The lowest BCUT2D eigenvalue weighted by Gasteiger charge is -2.50. The summed E-state index contributed by atoms with van der Waals surface area (Å²) in [5.41, 5.74) is 13.3. The molecule has 2 unspecified atom stereocenters. The molecule has 3 fully saturated rings. The minimum absolute atomic E-state index is 0.0215. The lowest BCUT2D eigenvalue weighted by molar-refractivity contribution is 0.0285. The first-order chi connectivity index (χ1) is 9.08. The Morgan fingerprint density at radius 2 is 2.00 bits per heavy atom. The van der Waals surface area contributed by atoms with E-state index in [0.29, 0.717) is 16.5 Å². The highest BCUT2D eigenvalue weighted by Gasteiger charge is 2.42. The molecule has 4 nitrogen and oxygen atoms in total. The summed E-state index contributed by atoms with van der Waals surface area (Å²) in [4.78, 5) is 13.9. The van der Waals surface area contributed by atoms with Gasteiger partial charge in [-0.2, -0.15) is 0 Å². The lowest BCUT2D eigenvalue weighted by Crippen LogP contribution is -2.57. The molecule has 3 aliphatic rings. The normalized spacial score (nSPS) is 33.4. The highest BCUT2D eigenvalue weighted by Crippen LogP contribution is 2.42. The van der Waals surface area contributed by atoms with Crippen LogP contribution in [0.15, 0.2) is 18.2 Å². The van der Waals surface area contributed by atoms with Crippen LogP contribution in [0.5, 0.6) is 0 Å². The van der Waals surface area contributed by atoms with E-state index in [0.717, 1.165) is 31.5 Å². The van der Waals surface area contributed by atoms with Crippen molar-refractivity contribution in [3.63, 3.8) is 0 Å². The van der Waals surface area contributed by atoms with E-state index in [-0.39, 0.29) is 12.1 Å². The molecule has 19 heavy (non-hydrogen) atoms. The average Bonchev–Trinajstić information content (AvgIpc) is 2.40. The zero-order chi connectivity index (χ0) is 13.6. The molecule has 1 aromatic rings. The van der Waals surface area contributed by atoms with E-state index in [1.807, 2.05) is 12.1 Å². The van der Waals surface area contributed by atoms with Crippen molar-refractivity contribution in [3.05, 3.63) is 34.3 Å². The van der Waals surface area contributed by atoms with Crippen LogP contribution in [0.4, 0.5) is 0 Å². The minimum Gasteiger partial charge on any atom is -0.366 e. The number of nitrogens with two attached hydrogens (primary N) is 2. The second-order valence-corrected chi connectivity index (χ2v) is 5.92. The molecule has 2 atom stereocenters. The van der Waals surface area contributed by atoms with Gasteiger partial charge in [-0.25, -0.2) is 0 Å². The molecule has 0 spiro atoms. The molecule has 1 amide bonds. The van der Waals surface area contributed by atoms with E-state index in [2.05, 4.69) is 4.90 Å². The quantitative estimate of drug-likeness (QED) is 0.862. The molecule has 1 aromatic carbocycles. The largest absolute Gasteiger partial charge is 0.366 e. The van der Waals surface area contributed by atoms with E-state index in [4.69, 9.17) is 23.1 Å². The molecule has 3 aliphatic heterocycles. The van der Waals surface area contributed by atoms with Gasteiger partial charge in [0.15, 0.2) is 0 Å². The Morgan fingerprint density at radius 1 is 1.32 bits per heavy atom. The van der Waals surface area contributed by atoms with Crippen molar-refractivity contribution < 1.29 is 4.79 Å². The number of hydrogen-bond acceptors (Lipinski definition) is 3. The number of halogens is 1. The van der Waals surface area contributed by atoms with Gasteiger partial charge in [0.2, 0.25) is 5.91 Å². The summed E-state index contributed by atoms with van der Waals surface area (Å²) in [6, 6.07) is 5.38. The Kier molecular flexibility index (Phi) is 3.25. The molecule has 4 rings (SSSR count). The molecule has 3 heterocycles. The predicted octanol–water partition coefficient (Wildman–Crippen LogP) is 1.53. The number of rotatable bonds is 2. The van der Waals surface area contributed by atoms with Crippen molar-refractivity contribution in [2.45, 2.75) is 24.9 Å². The summed E-state index contributed by atoms with van der Waals surface area (Å²) < 4.78 is 0. The molecule has 4 N–H and O–H groups in total. The van der Waals surface area contributed by atoms with Crippen LogP contribution in [0, 0.1) is 5.92 Å². The summed E-state index contributed by atoms with van der Waals surface area (Å²) in [7, 11) is 0. The molecule has 0 radical (unpaired) electrons. The van der Waals surface area contributed by atoms with Gasteiger partial charge in [-0.15, -0.1) is 0 Å². The minimum atomic E-state index is -0.429. The first kappa shape index (κ1) is 12.9. The van der Waals surface area contributed by atoms with Gasteiger partial charge in [0.1, 0.15) is 0 Å². The van der Waals surface area contributed by atoms with Crippen LogP contribution in [0.2, 0.25) is 5.02 Å². The Bertz CT molecular complexity index is 509. The van der Waals surface area contributed by atoms with Crippen molar-refractivity contribution in [3.8, 4) is 0 Å². The molecule has 0 aliphatic carbocycles. The summed E-state index contributed by atoms with van der Waals surface area (Å²) in [6.45, 7) is 2.11. The molecule has 0 saturated carbocycles. The number of piperidine rings is 3. The van der Waals surface area contributed by atoms with Gasteiger partial charge in [-0.05, 0) is 49.5 Å². The zero-order valence-electron chi connectivity index (χ0n) is 10.7. The van der Waals surface area contributed by atoms with Gasteiger partial charge in [-0.1, -0.05) is 17.7 Å². The number of primary amides is 1. The third kappa shape index (κ3) is 2.14. The Hall–Kier alpha value is -1.10. The van der Waals surface area contributed by atoms with E-state index in [1.165, 1.54) is 0 Å². The highest BCUT2D eigenvalue weighted by atomic mass is 35.5. The SMILES string of the molecule is NC(=O)c1cc(Cl)ccc1C1C2CCN(CC2)C1N. The van der Waals surface area contributed by atoms with Gasteiger partial charge in [0.25, 0.3) is 0 Å². The summed E-state index contributed by atoms with van der Waals surface area (Å²) in [6.07, 6.45) is 2.25. The number of fused-ring (bicyclic) bond motifs is 3. The number of hydrogen-bond donors (Lipinski definition) is 2. The van der Waals surface area contributed by atoms with E-state index in [1.54, 1.807) is 6.07 Å². The van der Waals surface area contributed by atoms with Gasteiger partial charge in [0, 0.05) is 16.5 Å². The Morgan fingerprint density at radius 3 is 2.58 bits per heavy atom. The summed E-state index contributed by atoms with van der Waals surface area (Å²) in [5.74, 6) is 0.294. The molecular formula is C14H18ClN3O. The highest BCUT2D eigenvalue weighted by molar-refractivity contribution is 6.31. The van der Waals surface area contributed by atoms with E-state index in [9.17, 15) is 4.79 Å². The summed E-state index contributed by atoms with van der Waals surface area (Å²) >= 11 is 5.97. The third-order valence-corrected chi connectivity index (χ3v) is 4.75. The van der Waals surface area contributed by atoms with Crippen LogP contribution in [-0.4, -0.2) is 30.1 Å². The maximum atomic E-state index is 11.6. The van der Waals surface area contributed by atoms with Crippen molar-refractivity contribution >= 4 is 17.5 Å². The van der Waals surface area contributed by atoms with E-state index < -0.39 is 5.91 Å². The first-order valence-electron chi connectivity index (χ1n) is 6.67. The predicted molar refractivity (Wildman–Crippen MR) is 75.0 cm³/mol. The second-order valence-electron chi connectivity index (χ2n) is 5.49. The molecule has 2 bridgehead atoms. The van der Waals surface area contributed by atoms with Gasteiger partial charge < -0.3 is 11.5 Å². The van der Waals surface area contributed by atoms with Crippen LogP contribution >= 0.6 is 11.6 Å². The molecule has 0 aromatic heterocycles. The average molecular weight is 280 g/mol. The van der Waals surface area contributed by atoms with E-state index >= 15 is 0 Å². The van der Waals surface area contributed by atoms with Crippen LogP contribution < -0.4 is 11.5 Å². The lowest BCUT2D eigenvalue weighted by atomic mass is 9.72. The number of benzene rings is 1. The molecular weight excluding hydrogens is 262 g/mol. The monoisotopic (exact) mass is 279 g/mol. The van der Waals surface area contributed by atoms with Crippen molar-refractivity contribution in [2.24, 2.45) is 17.4 Å². The second kappa shape index (κ2) is 4.78. The molecule has 102 valence electrons. The van der Waals surface area contributed by atoms with Crippen molar-refractivity contribution in [2.75, 3.05) is 13.1 Å². The fourth-order valence-electron chi connectivity index (χ4n) is 3.55. The van der Waals surface area contributed by atoms with Crippen LogP contribution in [-0.2, 0) is 0 Å². The number of amides is 1. The Labute approximate surface area is 117 Å². The van der Waals surface area contributed by atoms with Crippen LogP contribution in [0.3, 0.4) is 0 Å². The smallest absolute Gasteiger partial charge is 0.249 e. The van der Waals surface area contributed by atoms with Gasteiger partial charge >= 0.3 is 0 Å². The van der Waals surface area contributed by atoms with Gasteiger partial charge in [-0.3, -0.25) is 9.69 Å². The van der Waals surface area contributed by atoms with Crippen LogP contribution in [0.25, 0.3) is 0 Å². The summed E-state index contributed by atoms with van der Waals surface area (Å²) in [5, 5.41) is 0.535. The zero-order valence-corrected chi connectivity index (χ0v) is 11.4. The third-order valence-electron chi connectivity index (χ3n) is 4.51. The molecule has 3 saturated heterocycles. The van der Waals surface area contributed by atoms with Crippen molar-refractivity contribution in [1.82, 2.24) is 4.90 Å². The Balaban J connectivity index is 2.04. The number of carbonyl (C=O) groups excluding carboxylic acids is 1. The standard InChI is InChI=1S/C14H18ClN3O/c15-9-1-2-10(11(7-9)14(17)19)12-8-3-5-18(6-4-8)13(12)16/h1-2,7-8,12-13H,3-6,16H2,(H2,17,19). The number of carbonyl (C=O) groups is 1.